The molecule has 0 aliphatic carbocycles. The number of nitrogens with two attached hydrogens (primary N) is 1. The molecule has 1 aromatic carbocycles. The van der Waals surface area contributed by atoms with E-state index < -0.39 is 0 Å². The Morgan fingerprint density at radius 2 is 2.00 bits per heavy atom. The summed E-state index contributed by atoms with van der Waals surface area (Å²) < 4.78 is 18.9. The first-order chi connectivity index (χ1) is 8.28. The number of hydrogen-bond acceptors (Lipinski definition) is 2. The van der Waals surface area contributed by atoms with E-state index in [1.54, 1.807) is 6.07 Å². The molecule has 0 saturated heterocycles. The summed E-state index contributed by atoms with van der Waals surface area (Å²) in [5, 5.41) is 0. The average molecular weight is 269 g/mol. The summed E-state index contributed by atoms with van der Waals surface area (Å²) in [4.78, 5) is 0.199. The van der Waals surface area contributed by atoms with Crippen LogP contribution < -0.4 is 5.73 Å². The van der Waals surface area contributed by atoms with Crippen molar-refractivity contribution in [3.8, 4) is 0 Å². The standard InChI is InChI=1S/C14H20FNOS/c1-14(2,3)4-5-17-9-10-6-11(13(16)18)8-12(15)7-10/h6-8H,4-5,9H2,1-3H3,(H2,16,18). The zero-order valence-corrected chi connectivity index (χ0v) is 11.9. The van der Waals surface area contributed by atoms with Crippen LogP contribution in [-0.4, -0.2) is 11.6 Å². The Morgan fingerprint density at radius 3 is 2.56 bits per heavy atom. The smallest absolute Gasteiger partial charge is 0.124 e. The maximum Gasteiger partial charge on any atom is 0.124 e. The number of benzene rings is 1. The van der Waals surface area contributed by atoms with Crippen molar-refractivity contribution in [2.45, 2.75) is 33.8 Å². The van der Waals surface area contributed by atoms with Gasteiger partial charge in [-0.3, -0.25) is 0 Å². The lowest BCUT2D eigenvalue weighted by molar-refractivity contribution is 0.0960. The molecule has 1 rings (SSSR count). The normalized spacial score (nSPS) is 11.6. The highest BCUT2D eigenvalue weighted by atomic mass is 32.1. The fraction of sp³-hybridized carbons (Fsp3) is 0.500. The summed E-state index contributed by atoms with van der Waals surface area (Å²) in [6.45, 7) is 7.50. The van der Waals surface area contributed by atoms with E-state index in [0.29, 0.717) is 18.8 Å². The number of ether oxygens (including phenoxy) is 1. The van der Waals surface area contributed by atoms with Gasteiger partial charge in [-0.25, -0.2) is 4.39 Å². The van der Waals surface area contributed by atoms with Crippen LogP contribution in [0, 0.1) is 11.2 Å². The molecule has 0 saturated carbocycles. The van der Waals surface area contributed by atoms with E-state index in [1.807, 2.05) is 0 Å². The van der Waals surface area contributed by atoms with Gasteiger partial charge in [0, 0.05) is 12.2 Å². The van der Waals surface area contributed by atoms with Crippen molar-refractivity contribution in [1.29, 1.82) is 0 Å². The van der Waals surface area contributed by atoms with Crippen molar-refractivity contribution in [3.63, 3.8) is 0 Å². The second-order valence-corrected chi connectivity index (χ2v) is 6.02. The third-order valence-electron chi connectivity index (χ3n) is 2.51. The predicted octanol–water partition coefficient (Wildman–Crippen LogP) is 3.41. The SMILES string of the molecule is CC(C)(C)CCOCc1cc(F)cc(C(N)=S)c1. The number of halogens is 1. The summed E-state index contributed by atoms with van der Waals surface area (Å²) in [5.41, 5.74) is 7.03. The summed E-state index contributed by atoms with van der Waals surface area (Å²) in [7, 11) is 0. The number of rotatable bonds is 5. The summed E-state index contributed by atoms with van der Waals surface area (Å²) >= 11 is 4.84. The highest BCUT2D eigenvalue weighted by Gasteiger charge is 2.09. The first-order valence-electron chi connectivity index (χ1n) is 5.95. The Kier molecular flexibility index (Phi) is 5.23. The quantitative estimate of drug-likeness (QED) is 0.657. The van der Waals surface area contributed by atoms with Crippen molar-refractivity contribution in [3.05, 3.63) is 35.1 Å². The minimum atomic E-state index is -0.338. The van der Waals surface area contributed by atoms with Crippen LogP contribution >= 0.6 is 12.2 Å². The van der Waals surface area contributed by atoms with Crippen LogP contribution in [0.5, 0.6) is 0 Å². The maximum absolute atomic E-state index is 13.3. The summed E-state index contributed by atoms with van der Waals surface area (Å²) in [5.74, 6) is -0.338. The zero-order chi connectivity index (χ0) is 13.8. The first kappa shape index (κ1) is 15.1. The third-order valence-corrected chi connectivity index (χ3v) is 2.74. The van der Waals surface area contributed by atoms with Gasteiger partial charge in [0.05, 0.1) is 6.61 Å². The van der Waals surface area contributed by atoms with E-state index in [-0.39, 0.29) is 16.2 Å². The van der Waals surface area contributed by atoms with Gasteiger partial charge >= 0.3 is 0 Å². The molecule has 2 N–H and O–H groups in total. The van der Waals surface area contributed by atoms with Gasteiger partial charge in [0.25, 0.3) is 0 Å². The molecular formula is C14H20FNOS. The average Bonchev–Trinajstić information content (AvgIpc) is 2.22. The van der Waals surface area contributed by atoms with Gasteiger partial charge in [-0.05, 0) is 35.6 Å². The molecule has 0 aliphatic heterocycles. The lowest BCUT2D eigenvalue weighted by atomic mass is 9.93. The van der Waals surface area contributed by atoms with Gasteiger partial charge in [0.2, 0.25) is 0 Å². The van der Waals surface area contributed by atoms with Gasteiger partial charge < -0.3 is 10.5 Å². The Hall–Kier alpha value is -1.00. The number of thiocarbonyl (C=S) groups is 1. The predicted molar refractivity (Wildman–Crippen MR) is 76.0 cm³/mol. The van der Waals surface area contributed by atoms with Crippen LogP contribution in [0.25, 0.3) is 0 Å². The van der Waals surface area contributed by atoms with Crippen LogP contribution in [0.2, 0.25) is 0 Å². The fourth-order valence-electron chi connectivity index (χ4n) is 1.44. The Balaban J connectivity index is 2.55. The largest absolute Gasteiger partial charge is 0.389 e. The second-order valence-electron chi connectivity index (χ2n) is 5.58. The molecule has 0 atom stereocenters. The highest BCUT2D eigenvalue weighted by molar-refractivity contribution is 7.80. The minimum absolute atomic E-state index is 0.199. The monoisotopic (exact) mass is 269 g/mol. The molecule has 0 aromatic heterocycles. The van der Waals surface area contributed by atoms with Crippen molar-refractivity contribution in [1.82, 2.24) is 0 Å². The molecule has 0 bridgehead atoms. The molecule has 0 heterocycles. The maximum atomic E-state index is 13.3. The molecule has 0 fully saturated rings. The Morgan fingerprint density at radius 1 is 1.33 bits per heavy atom. The van der Waals surface area contributed by atoms with E-state index in [1.165, 1.54) is 12.1 Å². The molecule has 0 aliphatic rings. The minimum Gasteiger partial charge on any atom is -0.389 e. The van der Waals surface area contributed by atoms with E-state index in [4.69, 9.17) is 22.7 Å². The van der Waals surface area contributed by atoms with Crippen molar-refractivity contribution in [2.75, 3.05) is 6.61 Å². The second kappa shape index (κ2) is 6.25. The molecule has 0 unspecified atom stereocenters. The fourth-order valence-corrected chi connectivity index (χ4v) is 1.56. The molecular weight excluding hydrogens is 249 g/mol. The van der Waals surface area contributed by atoms with Gasteiger partial charge in [-0.15, -0.1) is 0 Å². The van der Waals surface area contributed by atoms with Gasteiger partial charge in [-0.1, -0.05) is 33.0 Å². The molecule has 2 nitrogen and oxygen atoms in total. The van der Waals surface area contributed by atoms with Crippen molar-refractivity contribution >= 4 is 17.2 Å². The molecule has 0 radical (unpaired) electrons. The molecule has 100 valence electrons. The molecule has 0 amide bonds. The molecule has 0 spiro atoms. The van der Waals surface area contributed by atoms with Gasteiger partial charge in [0.1, 0.15) is 10.8 Å². The third kappa shape index (κ3) is 5.56. The van der Waals surface area contributed by atoms with E-state index >= 15 is 0 Å². The Bertz CT molecular complexity index is 426. The first-order valence-corrected chi connectivity index (χ1v) is 6.36. The van der Waals surface area contributed by atoms with Crippen LogP contribution in [0.1, 0.15) is 38.3 Å². The van der Waals surface area contributed by atoms with Gasteiger partial charge in [0.15, 0.2) is 0 Å². The molecule has 18 heavy (non-hydrogen) atoms. The van der Waals surface area contributed by atoms with E-state index in [0.717, 1.165) is 12.0 Å². The van der Waals surface area contributed by atoms with Crippen LogP contribution in [-0.2, 0) is 11.3 Å². The lowest BCUT2D eigenvalue weighted by Gasteiger charge is -2.17. The lowest BCUT2D eigenvalue weighted by Crippen LogP contribution is -2.11. The summed E-state index contributed by atoms with van der Waals surface area (Å²) in [6.07, 6.45) is 0.963. The van der Waals surface area contributed by atoms with Crippen LogP contribution in [0.15, 0.2) is 18.2 Å². The topological polar surface area (TPSA) is 35.2 Å². The molecule has 1 aromatic rings. The highest BCUT2D eigenvalue weighted by Crippen LogP contribution is 2.18. The van der Waals surface area contributed by atoms with Crippen LogP contribution in [0.3, 0.4) is 0 Å². The number of hydrogen-bond donors (Lipinski definition) is 1. The Labute approximate surface area is 113 Å². The van der Waals surface area contributed by atoms with E-state index in [9.17, 15) is 4.39 Å². The zero-order valence-electron chi connectivity index (χ0n) is 11.1. The summed E-state index contributed by atoms with van der Waals surface area (Å²) in [6, 6.07) is 4.54. The van der Waals surface area contributed by atoms with Crippen LogP contribution in [0.4, 0.5) is 4.39 Å². The molecule has 4 heteroatoms. The van der Waals surface area contributed by atoms with Crippen molar-refractivity contribution < 1.29 is 9.13 Å². The van der Waals surface area contributed by atoms with E-state index in [2.05, 4.69) is 20.8 Å². The van der Waals surface area contributed by atoms with Crippen molar-refractivity contribution in [2.24, 2.45) is 11.1 Å². The van der Waals surface area contributed by atoms with Gasteiger partial charge in [-0.2, -0.15) is 0 Å².